The van der Waals surface area contributed by atoms with Gasteiger partial charge in [-0.1, -0.05) is 72.9 Å². The van der Waals surface area contributed by atoms with Gasteiger partial charge in [-0.3, -0.25) is 9.88 Å². The van der Waals surface area contributed by atoms with E-state index >= 15 is 0 Å². The SMILES string of the molecule is COC(=O)c1cccnc1CCC(=S)N1CCN(C(c2ccccc2)c2ccccc2)CC1N. The van der Waals surface area contributed by atoms with E-state index in [0.29, 0.717) is 30.6 Å². The number of carbonyl (C=O) groups excluding carboxylic acids is 1. The van der Waals surface area contributed by atoms with Crippen LogP contribution in [0.2, 0.25) is 0 Å². The van der Waals surface area contributed by atoms with Gasteiger partial charge in [0, 0.05) is 32.3 Å². The summed E-state index contributed by atoms with van der Waals surface area (Å²) >= 11 is 5.76. The molecular formula is C27H30N4O2S. The van der Waals surface area contributed by atoms with Gasteiger partial charge in [0.2, 0.25) is 0 Å². The van der Waals surface area contributed by atoms with Crippen molar-refractivity contribution in [3.05, 3.63) is 101 Å². The Labute approximate surface area is 206 Å². The first-order valence-corrected chi connectivity index (χ1v) is 11.9. The van der Waals surface area contributed by atoms with Crippen LogP contribution in [0.4, 0.5) is 0 Å². The second-order valence-electron chi connectivity index (χ2n) is 8.36. The predicted octanol–water partition coefficient (Wildman–Crippen LogP) is 3.82. The first-order chi connectivity index (χ1) is 16.6. The molecule has 1 aliphatic rings. The Morgan fingerprint density at radius 1 is 1.06 bits per heavy atom. The molecule has 7 heteroatoms. The molecule has 176 valence electrons. The number of esters is 1. The third-order valence-corrected chi connectivity index (χ3v) is 6.68. The molecule has 4 rings (SSSR count). The van der Waals surface area contributed by atoms with Gasteiger partial charge in [-0.2, -0.15) is 0 Å². The van der Waals surface area contributed by atoms with Gasteiger partial charge in [-0.15, -0.1) is 0 Å². The number of aryl methyl sites for hydroxylation is 1. The van der Waals surface area contributed by atoms with Crippen molar-refractivity contribution in [2.45, 2.75) is 25.0 Å². The summed E-state index contributed by atoms with van der Waals surface area (Å²) in [5.41, 5.74) is 10.3. The first-order valence-electron chi connectivity index (χ1n) is 11.5. The molecule has 1 saturated heterocycles. The van der Waals surface area contributed by atoms with Crippen molar-refractivity contribution >= 4 is 23.2 Å². The van der Waals surface area contributed by atoms with Gasteiger partial charge >= 0.3 is 5.97 Å². The van der Waals surface area contributed by atoms with Crippen molar-refractivity contribution in [2.75, 3.05) is 26.7 Å². The van der Waals surface area contributed by atoms with Crippen molar-refractivity contribution < 1.29 is 9.53 Å². The molecule has 1 atom stereocenters. The molecule has 0 saturated carbocycles. The van der Waals surface area contributed by atoms with Crippen molar-refractivity contribution in [1.82, 2.24) is 14.8 Å². The fourth-order valence-corrected chi connectivity index (χ4v) is 4.89. The lowest BCUT2D eigenvalue weighted by Crippen LogP contribution is -2.59. The topological polar surface area (TPSA) is 71.7 Å². The Balaban J connectivity index is 1.44. The van der Waals surface area contributed by atoms with Crippen LogP contribution >= 0.6 is 12.2 Å². The smallest absolute Gasteiger partial charge is 0.339 e. The second kappa shape index (κ2) is 11.3. The summed E-state index contributed by atoms with van der Waals surface area (Å²) in [6.45, 7) is 2.30. The largest absolute Gasteiger partial charge is 0.465 e. The van der Waals surface area contributed by atoms with Crippen molar-refractivity contribution in [1.29, 1.82) is 0 Å². The summed E-state index contributed by atoms with van der Waals surface area (Å²) in [7, 11) is 1.38. The molecule has 0 bridgehead atoms. The molecule has 2 heterocycles. The van der Waals surface area contributed by atoms with Crippen molar-refractivity contribution in [3.63, 3.8) is 0 Å². The number of ether oxygens (including phenoxy) is 1. The Hall–Kier alpha value is -3.13. The zero-order valence-electron chi connectivity index (χ0n) is 19.3. The molecule has 1 fully saturated rings. The second-order valence-corrected chi connectivity index (χ2v) is 8.83. The molecule has 3 aromatic rings. The maximum Gasteiger partial charge on any atom is 0.339 e. The molecule has 1 aliphatic heterocycles. The van der Waals surface area contributed by atoms with Crippen molar-refractivity contribution in [2.24, 2.45) is 5.73 Å². The lowest BCUT2D eigenvalue weighted by Gasteiger charge is -2.44. The van der Waals surface area contributed by atoms with Crippen LogP contribution in [0.15, 0.2) is 79.0 Å². The minimum Gasteiger partial charge on any atom is -0.465 e. The van der Waals surface area contributed by atoms with Crippen LogP contribution in [0.1, 0.15) is 39.6 Å². The van der Waals surface area contributed by atoms with E-state index in [1.54, 1.807) is 18.3 Å². The van der Waals surface area contributed by atoms with Crippen LogP contribution in [-0.2, 0) is 11.2 Å². The van der Waals surface area contributed by atoms with E-state index in [-0.39, 0.29) is 18.2 Å². The van der Waals surface area contributed by atoms with Gasteiger partial charge in [-0.25, -0.2) is 4.79 Å². The maximum atomic E-state index is 12.0. The minimum atomic E-state index is -0.382. The van der Waals surface area contributed by atoms with Gasteiger partial charge in [0.05, 0.1) is 35.6 Å². The van der Waals surface area contributed by atoms with Crippen LogP contribution < -0.4 is 5.73 Å². The summed E-state index contributed by atoms with van der Waals surface area (Å²) in [4.78, 5) is 21.7. The highest BCUT2D eigenvalue weighted by molar-refractivity contribution is 7.80. The summed E-state index contributed by atoms with van der Waals surface area (Å²) in [5.74, 6) is -0.382. The number of thiocarbonyl (C=S) groups is 1. The van der Waals surface area contributed by atoms with E-state index in [0.717, 1.165) is 18.1 Å². The quantitative estimate of drug-likeness (QED) is 0.412. The summed E-state index contributed by atoms with van der Waals surface area (Å²) in [6, 6.07) is 24.7. The minimum absolute atomic E-state index is 0.139. The molecule has 2 N–H and O–H groups in total. The van der Waals surface area contributed by atoms with Crippen molar-refractivity contribution in [3.8, 4) is 0 Å². The molecule has 0 aliphatic carbocycles. The Morgan fingerprint density at radius 3 is 2.29 bits per heavy atom. The van der Waals surface area contributed by atoms with Crippen LogP contribution in [0, 0.1) is 0 Å². The van der Waals surface area contributed by atoms with Gasteiger partial charge in [0.15, 0.2) is 0 Å². The summed E-state index contributed by atoms with van der Waals surface area (Å²) in [5, 5.41) is 0. The van der Waals surface area contributed by atoms with E-state index in [2.05, 4.69) is 63.3 Å². The van der Waals surface area contributed by atoms with Crippen LogP contribution in [0.5, 0.6) is 0 Å². The number of methoxy groups -OCH3 is 1. The molecule has 34 heavy (non-hydrogen) atoms. The predicted molar refractivity (Wildman–Crippen MR) is 137 cm³/mol. The number of piperazine rings is 1. The number of pyridine rings is 1. The lowest BCUT2D eigenvalue weighted by molar-refractivity contribution is 0.0599. The highest BCUT2D eigenvalue weighted by atomic mass is 32.1. The third kappa shape index (κ3) is 5.50. The Bertz CT molecular complexity index is 1070. The van der Waals surface area contributed by atoms with E-state index in [9.17, 15) is 4.79 Å². The normalized spacial score (nSPS) is 16.4. The van der Waals surface area contributed by atoms with E-state index < -0.39 is 0 Å². The van der Waals surface area contributed by atoms with Gasteiger partial charge in [0.1, 0.15) is 0 Å². The maximum absolute atomic E-state index is 12.0. The van der Waals surface area contributed by atoms with Gasteiger partial charge < -0.3 is 15.4 Å². The Kier molecular flexibility index (Phi) is 8.00. The number of nitrogens with two attached hydrogens (primary N) is 1. The summed E-state index contributed by atoms with van der Waals surface area (Å²) < 4.78 is 4.88. The van der Waals surface area contributed by atoms with Crippen LogP contribution in [0.25, 0.3) is 0 Å². The van der Waals surface area contributed by atoms with E-state index in [1.807, 2.05) is 12.1 Å². The number of hydrogen-bond acceptors (Lipinski definition) is 6. The van der Waals surface area contributed by atoms with Crippen LogP contribution in [-0.4, -0.2) is 58.7 Å². The molecule has 0 amide bonds. The summed E-state index contributed by atoms with van der Waals surface area (Å²) in [6.07, 6.45) is 2.64. The monoisotopic (exact) mass is 474 g/mol. The number of rotatable bonds is 7. The van der Waals surface area contributed by atoms with Gasteiger partial charge in [0.25, 0.3) is 0 Å². The zero-order chi connectivity index (χ0) is 23.9. The number of benzene rings is 2. The number of hydrogen-bond donors (Lipinski definition) is 1. The number of carbonyl (C=O) groups is 1. The molecule has 1 unspecified atom stereocenters. The highest BCUT2D eigenvalue weighted by Gasteiger charge is 2.31. The fourth-order valence-electron chi connectivity index (χ4n) is 4.56. The standard InChI is InChI=1S/C27H30N4O2S/c1-33-27(32)22-13-8-16-29-23(22)14-15-25(34)31-18-17-30(19-24(31)28)26(20-9-4-2-5-10-20)21-11-6-3-7-12-21/h2-13,16,24,26H,14-15,17-19,28H2,1H3. The fraction of sp³-hybridized carbons (Fsp3) is 0.296. The first kappa shape index (κ1) is 24.0. The molecule has 0 radical (unpaired) electrons. The van der Waals surface area contributed by atoms with E-state index in [4.69, 9.17) is 22.7 Å². The molecule has 1 aromatic heterocycles. The number of aromatic nitrogens is 1. The Morgan fingerprint density at radius 2 is 1.71 bits per heavy atom. The molecular weight excluding hydrogens is 444 g/mol. The third-order valence-electron chi connectivity index (χ3n) is 6.24. The molecule has 6 nitrogen and oxygen atoms in total. The van der Waals surface area contributed by atoms with Crippen LogP contribution in [0.3, 0.4) is 0 Å². The average molecular weight is 475 g/mol. The zero-order valence-corrected chi connectivity index (χ0v) is 20.2. The number of nitrogens with zero attached hydrogens (tertiary/aromatic N) is 3. The molecule has 0 spiro atoms. The van der Waals surface area contributed by atoms with Gasteiger partial charge in [-0.05, 0) is 29.7 Å². The highest BCUT2D eigenvalue weighted by Crippen LogP contribution is 2.30. The lowest BCUT2D eigenvalue weighted by atomic mass is 9.96. The average Bonchev–Trinajstić information content (AvgIpc) is 2.88. The molecule has 2 aromatic carbocycles. The van der Waals surface area contributed by atoms with E-state index in [1.165, 1.54) is 18.2 Å².